The molecule has 0 amide bonds. The molecule has 1 heterocycles. The van der Waals surface area contributed by atoms with Crippen LogP contribution in [0, 0.1) is 5.92 Å². The summed E-state index contributed by atoms with van der Waals surface area (Å²) in [4.78, 5) is 4.88. The molecule has 3 rings (SSSR count). The molecule has 1 aromatic carbocycles. The Hall–Kier alpha value is -1.65. The predicted molar refractivity (Wildman–Crippen MR) is 99.5 cm³/mol. The first-order valence-corrected chi connectivity index (χ1v) is 9.26. The molecule has 1 N–H and O–H groups in total. The van der Waals surface area contributed by atoms with E-state index in [-0.39, 0.29) is 24.2 Å². The summed E-state index contributed by atoms with van der Waals surface area (Å²) in [6.07, 6.45) is 2.11. The molecule has 5 heteroatoms. The average molecular weight is 349 g/mol. The van der Waals surface area contributed by atoms with Crippen molar-refractivity contribution in [2.24, 2.45) is 5.92 Å². The minimum absolute atomic E-state index is 0.0129. The van der Waals surface area contributed by atoms with Gasteiger partial charge >= 0.3 is 0 Å². The summed E-state index contributed by atoms with van der Waals surface area (Å²) in [6, 6.07) is 6.20. The topological polar surface area (TPSA) is 29.9 Å². The van der Waals surface area contributed by atoms with Gasteiger partial charge in [-0.1, -0.05) is 20.8 Å². The van der Waals surface area contributed by atoms with Crippen molar-refractivity contribution in [1.82, 2.24) is 9.55 Å². The van der Waals surface area contributed by atoms with Gasteiger partial charge in [0.2, 0.25) is 5.92 Å². The fraction of sp³-hybridized carbons (Fsp3) is 0.650. The highest BCUT2D eigenvalue weighted by molar-refractivity contribution is 5.80. The van der Waals surface area contributed by atoms with Crippen molar-refractivity contribution < 1.29 is 8.78 Å². The zero-order valence-corrected chi connectivity index (χ0v) is 15.7. The van der Waals surface area contributed by atoms with Crippen molar-refractivity contribution in [2.75, 3.05) is 12.4 Å². The van der Waals surface area contributed by atoms with Crippen LogP contribution < -0.4 is 5.32 Å². The maximum absolute atomic E-state index is 13.7. The van der Waals surface area contributed by atoms with Crippen LogP contribution in [0.3, 0.4) is 0 Å². The van der Waals surface area contributed by atoms with Crippen LogP contribution in [-0.2, 0) is 12.0 Å². The second-order valence-electron chi connectivity index (χ2n) is 8.40. The number of rotatable bonds is 3. The molecule has 1 aliphatic rings. The number of fused-ring (bicyclic) bond motifs is 1. The van der Waals surface area contributed by atoms with E-state index in [1.165, 1.54) is 0 Å². The molecule has 1 aliphatic carbocycles. The van der Waals surface area contributed by atoms with E-state index in [0.717, 1.165) is 35.5 Å². The van der Waals surface area contributed by atoms with Gasteiger partial charge in [0.05, 0.1) is 11.0 Å². The number of hydrogen-bond donors (Lipinski definition) is 1. The van der Waals surface area contributed by atoms with E-state index in [1.807, 2.05) is 13.1 Å². The molecule has 3 nitrogen and oxygen atoms in total. The minimum atomic E-state index is -2.49. The zero-order chi connectivity index (χ0) is 18.2. The molecule has 1 aromatic heterocycles. The molecule has 0 radical (unpaired) electrons. The van der Waals surface area contributed by atoms with E-state index in [9.17, 15) is 8.78 Å². The van der Waals surface area contributed by atoms with Crippen molar-refractivity contribution in [1.29, 1.82) is 0 Å². The molecule has 1 atom stereocenters. The normalized spacial score (nSPS) is 21.3. The Labute approximate surface area is 148 Å². The fourth-order valence-electron chi connectivity index (χ4n) is 3.82. The summed E-state index contributed by atoms with van der Waals surface area (Å²) in [6.45, 7) is 7.25. The standard InChI is InChI=1S/C20H29F2N3/c1-19(2,3)18-24-16-12-15(23-4)7-8-17(16)25(18)13-14-6-5-10-20(21,22)11-9-14/h7-8,12,14,23H,5-6,9-11,13H2,1-4H3. The number of anilines is 1. The molecule has 0 aliphatic heterocycles. The van der Waals surface area contributed by atoms with Crippen LogP contribution in [0.5, 0.6) is 0 Å². The zero-order valence-electron chi connectivity index (χ0n) is 15.7. The van der Waals surface area contributed by atoms with Gasteiger partial charge in [-0.25, -0.2) is 13.8 Å². The van der Waals surface area contributed by atoms with Crippen LogP contribution in [-0.4, -0.2) is 22.5 Å². The maximum atomic E-state index is 13.7. The van der Waals surface area contributed by atoms with E-state index in [0.29, 0.717) is 12.8 Å². The van der Waals surface area contributed by atoms with Crippen LogP contribution in [0.15, 0.2) is 18.2 Å². The number of nitrogens with zero attached hydrogens (tertiary/aromatic N) is 2. The Kier molecular flexibility index (Phi) is 4.78. The van der Waals surface area contributed by atoms with Gasteiger partial charge in [-0.3, -0.25) is 0 Å². The Morgan fingerprint density at radius 2 is 2.00 bits per heavy atom. The van der Waals surface area contributed by atoms with Crippen molar-refractivity contribution >= 4 is 16.7 Å². The van der Waals surface area contributed by atoms with Gasteiger partial charge in [-0.05, 0) is 43.4 Å². The molecule has 1 saturated carbocycles. The predicted octanol–water partition coefficient (Wildman–Crippen LogP) is 5.59. The summed E-state index contributed by atoms with van der Waals surface area (Å²) in [5.41, 5.74) is 3.01. The quantitative estimate of drug-likeness (QED) is 0.732. The lowest BCUT2D eigenvalue weighted by molar-refractivity contribution is -0.0149. The molecular weight excluding hydrogens is 320 g/mol. The van der Waals surface area contributed by atoms with Crippen LogP contribution in [0.1, 0.15) is 58.7 Å². The highest BCUT2D eigenvalue weighted by Gasteiger charge is 2.33. The molecule has 2 aromatic rings. The second kappa shape index (κ2) is 6.58. The molecule has 138 valence electrons. The monoisotopic (exact) mass is 349 g/mol. The Balaban J connectivity index is 1.96. The molecular formula is C20H29F2N3. The van der Waals surface area contributed by atoms with Gasteiger partial charge in [-0.2, -0.15) is 0 Å². The molecule has 0 bridgehead atoms. The number of imidazole rings is 1. The number of alkyl halides is 2. The summed E-state index contributed by atoms with van der Waals surface area (Å²) >= 11 is 0. The summed E-state index contributed by atoms with van der Waals surface area (Å²) in [7, 11) is 1.90. The second-order valence-corrected chi connectivity index (χ2v) is 8.40. The van der Waals surface area contributed by atoms with Gasteiger partial charge in [0, 0.05) is 37.5 Å². The lowest BCUT2D eigenvalue weighted by atomic mass is 9.94. The van der Waals surface area contributed by atoms with Gasteiger partial charge < -0.3 is 9.88 Å². The van der Waals surface area contributed by atoms with E-state index < -0.39 is 5.92 Å². The SMILES string of the molecule is CNc1ccc2c(c1)nc(C(C)(C)C)n2CC1CCCC(F)(F)CC1. The number of hydrogen-bond acceptors (Lipinski definition) is 2. The molecule has 1 unspecified atom stereocenters. The number of aromatic nitrogens is 2. The maximum Gasteiger partial charge on any atom is 0.248 e. The van der Waals surface area contributed by atoms with Gasteiger partial charge in [0.1, 0.15) is 5.82 Å². The number of halogens is 2. The number of nitrogens with one attached hydrogen (secondary N) is 1. The van der Waals surface area contributed by atoms with E-state index in [1.54, 1.807) is 0 Å². The Bertz CT molecular complexity index is 743. The highest BCUT2D eigenvalue weighted by atomic mass is 19.3. The third-order valence-electron chi connectivity index (χ3n) is 5.22. The first kappa shape index (κ1) is 18.2. The van der Waals surface area contributed by atoms with Crippen LogP contribution in [0.25, 0.3) is 11.0 Å². The van der Waals surface area contributed by atoms with Crippen LogP contribution in [0.2, 0.25) is 0 Å². The first-order chi connectivity index (χ1) is 11.7. The van der Waals surface area contributed by atoms with E-state index >= 15 is 0 Å². The van der Waals surface area contributed by atoms with Crippen molar-refractivity contribution in [2.45, 2.75) is 70.8 Å². The fourth-order valence-corrected chi connectivity index (χ4v) is 3.82. The van der Waals surface area contributed by atoms with Gasteiger partial charge in [0.15, 0.2) is 0 Å². The molecule has 0 saturated heterocycles. The van der Waals surface area contributed by atoms with Crippen molar-refractivity contribution in [3.63, 3.8) is 0 Å². The smallest absolute Gasteiger partial charge is 0.248 e. The third-order valence-corrected chi connectivity index (χ3v) is 5.22. The lowest BCUT2D eigenvalue weighted by Crippen LogP contribution is -2.22. The third kappa shape index (κ3) is 3.96. The van der Waals surface area contributed by atoms with Gasteiger partial charge in [-0.15, -0.1) is 0 Å². The first-order valence-electron chi connectivity index (χ1n) is 9.26. The average Bonchev–Trinajstić information content (AvgIpc) is 2.80. The Morgan fingerprint density at radius 3 is 2.68 bits per heavy atom. The molecule has 1 fully saturated rings. The largest absolute Gasteiger partial charge is 0.388 e. The summed E-state index contributed by atoms with van der Waals surface area (Å²) in [5.74, 6) is -1.16. The Morgan fingerprint density at radius 1 is 1.24 bits per heavy atom. The lowest BCUT2D eigenvalue weighted by Gasteiger charge is -2.23. The van der Waals surface area contributed by atoms with E-state index in [4.69, 9.17) is 4.98 Å². The van der Waals surface area contributed by atoms with Crippen LogP contribution >= 0.6 is 0 Å². The number of benzene rings is 1. The van der Waals surface area contributed by atoms with Crippen molar-refractivity contribution in [3.05, 3.63) is 24.0 Å². The highest BCUT2D eigenvalue weighted by Crippen LogP contribution is 2.36. The van der Waals surface area contributed by atoms with Gasteiger partial charge in [0.25, 0.3) is 0 Å². The van der Waals surface area contributed by atoms with Crippen molar-refractivity contribution in [3.8, 4) is 0 Å². The molecule has 0 spiro atoms. The summed E-state index contributed by atoms with van der Waals surface area (Å²) in [5, 5.41) is 3.15. The minimum Gasteiger partial charge on any atom is -0.388 e. The summed E-state index contributed by atoms with van der Waals surface area (Å²) < 4.78 is 29.7. The van der Waals surface area contributed by atoms with E-state index in [2.05, 4.69) is 42.8 Å². The molecule has 25 heavy (non-hydrogen) atoms. The van der Waals surface area contributed by atoms with Crippen LogP contribution in [0.4, 0.5) is 14.5 Å².